The van der Waals surface area contributed by atoms with Gasteiger partial charge >= 0.3 is 0 Å². The first-order chi connectivity index (χ1) is 13.1. The average molecular weight is 373 g/mol. The zero-order valence-corrected chi connectivity index (χ0v) is 17.4. The molecule has 1 aromatic carbocycles. The Hall–Kier alpha value is -1.75. The molecule has 2 saturated heterocycles. The van der Waals surface area contributed by atoms with Gasteiger partial charge in [-0.25, -0.2) is 4.99 Å². The Balaban J connectivity index is 1.55. The van der Waals surface area contributed by atoms with E-state index in [1.165, 1.54) is 32.1 Å². The Morgan fingerprint density at radius 1 is 1.26 bits per heavy atom. The maximum Gasteiger partial charge on any atom is 0.191 e. The first kappa shape index (κ1) is 20.0. The van der Waals surface area contributed by atoms with Crippen LogP contribution >= 0.6 is 0 Å². The molecule has 150 valence electrons. The molecule has 2 aliphatic heterocycles. The van der Waals surface area contributed by atoms with Gasteiger partial charge in [-0.05, 0) is 65.1 Å². The second-order valence-corrected chi connectivity index (χ2v) is 8.13. The highest BCUT2D eigenvalue weighted by atomic mass is 16.5. The second kappa shape index (κ2) is 9.45. The third-order valence-electron chi connectivity index (χ3n) is 5.95. The molecular formula is C22H36N4O. The quantitative estimate of drug-likeness (QED) is 0.594. The van der Waals surface area contributed by atoms with Crippen molar-refractivity contribution in [1.82, 2.24) is 15.5 Å². The van der Waals surface area contributed by atoms with Gasteiger partial charge in [-0.15, -0.1) is 0 Å². The molecule has 5 nitrogen and oxygen atoms in total. The molecule has 3 atom stereocenters. The van der Waals surface area contributed by atoms with Crippen LogP contribution in [0.5, 0.6) is 5.75 Å². The smallest absolute Gasteiger partial charge is 0.191 e. The van der Waals surface area contributed by atoms with E-state index in [4.69, 9.17) is 9.73 Å². The number of aliphatic imine (C=N–C) groups is 1. The van der Waals surface area contributed by atoms with Gasteiger partial charge in [-0.3, -0.25) is 0 Å². The summed E-state index contributed by atoms with van der Waals surface area (Å²) < 4.78 is 6.07. The van der Waals surface area contributed by atoms with Gasteiger partial charge in [0.05, 0.1) is 6.54 Å². The monoisotopic (exact) mass is 372 g/mol. The van der Waals surface area contributed by atoms with Gasteiger partial charge in [0.25, 0.3) is 0 Å². The largest absolute Gasteiger partial charge is 0.489 e. The maximum absolute atomic E-state index is 6.07. The van der Waals surface area contributed by atoms with Crippen LogP contribution in [0.4, 0.5) is 0 Å². The minimum atomic E-state index is 0.0402. The van der Waals surface area contributed by atoms with Crippen LogP contribution in [0.3, 0.4) is 0 Å². The molecule has 1 aromatic rings. The van der Waals surface area contributed by atoms with E-state index in [1.807, 2.05) is 18.2 Å². The highest BCUT2D eigenvalue weighted by Crippen LogP contribution is 2.32. The second-order valence-electron chi connectivity index (χ2n) is 8.13. The Bertz CT molecular complexity index is 618. The average Bonchev–Trinajstić information content (AvgIpc) is 2.63. The molecule has 27 heavy (non-hydrogen) atoms. The highest BCUT2D eigenvalue weighted by molar-refractivity contribution is 5.80. The number of aryl methyl sites for hydroxylation is 1. The van der Waals surface area contributed by atoms with Crippen molar-refractivity contribution in [1.29, 1.82) is 0 Å². The van der Waals surface area contributed by atoms with Crippen molar-refractivity contribution in [3.8, 4) is 5.75 Å². The Morgan fingerprint density at radius 2 is 1.96 bits per heavy atom. The van der Waals surface area contributed by atoms with Crippen LogP contribution in [0.15, 0.2) is 29.3 Å². The molecule has 0 amide bonds. The summed E-state index contributed by atoms with van der Waals surface area (Å²) in [5.41, 5.74) is 1.16. The molecule has 0 aliphatic carbocycles. The van der Waals surface area contributed by atoms with E-state index in [2.05, 4.69) is 49.4 Å². The number of nitrogens with zero attached hydrogens (tertiary/aromatic N) is 2. The molecular weight excluding hydrogens is 336 g/mol. The van der Waals surface area contributed by atoms with Gasteiger partial charge in [0.2, 0.25) is 0 Å². The van der Waals surface area contributed by atoms with Gasteiger partial charge in [0.1, 0.15) is 11.9 Å². The van der Waals surface area contributed by atoms with Crippen molar-refractivity contribution in [3.05, 3.63) is 29.8 Å². The van der Waals surface area contributed by atoms with Crippen LogP contribution in [0.2, 0.25) is 0 Å². The molecule has 0 aromatic heterocycles. The third-order valence-corrected chi connectivity index (χ3v) is 5.95. The van der Waals surface area contributed by atoms with Crippen molar-refractivity contribution in [2.24, 2.45) is 4.99 Å². The van der Waals surface area contributed by atoms with E-state index in [-0.39, 0.29) is 6.10 Å². The minimum Gasteiger partial charge on any atom is -0.489 e. The predicted octanol–water partition coefficient (Wildman–Crippen LogP) is 3.33. The number of para-hydroxylation sites is 1. The van der Waals surface area contributed by atoms with E-state index in [9.17, 15) is 0 Å². The number of fused-ring (bicyclic) bond motifs is 2. The van der Waals surface area contributed by atoms with Crippen molar-refractivity contribution in [2.45, 2.75) is 77.1 Å². The first-order valence-electron chi connectivity index (χ1n) is 10.6. The van der Waals surface area contributed by atoms with Crippen LogP contribution < -0.4 is 15.4 Å². The lowest BCUT2D eigenvalue weighted by Crippen LogP contribution is -2.56. The van der Waals surface area contributed by atoms with E-state index >= 15 is 0 Å². The summed E-state index contributed by atoms with van der Waals surface area (Å²) >= 11 is 0. The van der Waals surface area contributed by atoms with E-state index < -0.39 is 0 Å². The van der Waals surface area contributed by atoms with E-state index in [1.54, 1.807) is 0 Å². The molecule has 5 heteroatoms. The number of nitrogens with one attached hydrogen (secondary N) is 2. The van der Waals surface area contributed by atoms with Gasteiger partial charge in [0.15, 0.2) is 5.96 Å². The van der Waals surface area contributed by atoms with Crippen LogP contribution in [0, 0.1) is 6.92 Å². The molecule has 0 spiro atoms. The lowest BCUT2D eigenvalue weighted by molar-refractivity contribution is 0.0526. The van der Waals surface area contributed by atoms with Crippen molar-refractivity contribution in [3.63, 3.8) is 0 Å². The van der Waals surface area contributed by atoms with Gasteiger partial charge in [-0.2, -0.15) is 0 Å². The van der Waals surface area contributed by atoms with Gasteiger partial charge in [0, 0.05) is 24.7 Å². The molecule has 3 unspecified atom stereocenters. The number of guanidine groups is 1. The zero-order valence-electron chi connectivity index (χ0n) is 17.4. The SMILES string of the molecule is CCNC(=NCC(C)Oc1ccccc1C)NC1CC2CCCC(C1)N2C. The van der Waals surface area contributed by atoms with Crippen molar-refractivity contribution >= 4 is 5.96 Å². The summed E-state index contributed by atoms with van der Waals surface area (Å²) in [6.45, 7) is 7.79. The van der Waals surface area contributed by atoms with Gasteiger partial charge < -0.3 is 20.3 Å². The molecule has 2 N–H and O–H groups in total. The molecule has 2 fully saturated rings. The van der Waals surface area contributed by atoms with Crippen molar-refractivity contribution in [2.75, 3.05) is 20.1 Å². The normalized spacial score (nSPS) is 27.1. The number of piperidine rings is 2. The number of rotatable bonds is 6. The predicted molar refractivity (Wildman–Crippen MR) is 113 cm³/mol. The van der Waals surface area contributed by atoms with Crippen LogP contribution in [0.1, 0.15) is 51.5 Å². The Kier molecular flexibility index (Phi) is 7.00. The highest BCUT2D eigenvalue weighted by Gasteiger charge is 2.36. The fourth-order valence-electron chi connectivity index (χ4n) is 4.41. The Labute approximate surface area is 164 Å². The third kappa shape index (κ3) is 5.38. The maximum atomic E-state index is 6.07. The zero-order chi connectivity index (χ0) is 19.2. The minimum absolute atomic E-state index is 0.0402. The topological polar surface area (TPSA) is 48.9 Å². The molecule has 2 bridgehead atoms. The summed E-state index contributed by atoms with van der Waals surface area (Å²) in [5, 5.41) is 7.10. The molecule has 0 saturated carbocycles. The standard InChI is InChI=1S/C22H36N4O/c1-5-23-22(24-15-17(3)27-21-12-7-6-9-16(21)2)25-18-13-19-10-8-11-20(14-18)26(19)4/h6-7,9,12,17-20H,5,8,10-11,13-15H2,1-4H3,(H2,23,24,25). The molecule has 0 radical (unpaired) electrons. The summed E-state index contributed by atoms with van der Waals surface area (Å²) in [6, 6.07) is 10.1. The number of benzene rings is 1. The summed E-state index contributed by atoms with van der Waals surface area (Å²) in [7, 11) is 2.30. The fourth-order valence-corrected chi connectivity index (χ4v) is 4.41. The van der Waals surface area contributed by atoms with Crippen LogP contribution in [-0.4, -0.2) is 55.2 Å². The Morgan fingerprint density at radius 3 is 2.63 bits per heavy atom. The van der Waals surface area contributed by atoms with Gasteiger partial charge in [-0.1, -0.05) is 24.6 Å². The molecule has 2 heterocycles. The summed E-state index contributed by atoms with van der Waals surface area (Å²) in [5.74, 6) is 1.87. The molecule has 2 aliphatic rings. The lowest BCUT2D eigenvalue weighted by Gasteiger charge is -2.47. The summed E-state index contributed by atoms with van der Waals surface area (Å²) in [6.07, 6.45) is 6.52. The summed E-state index contributed by atoms with van der Waals surface area (Å²) in [4.78, 5) is 7.40. The van der Waals surface area contributed by atoms with Crippen molar-refractivity contribution < 1.29 is 4.74 Å². The fraction of sp³-hybridized carbons (Fsp3) is 0.682. The number of hydrogen-bond donors (Lipinski definition) is 2. The van der Waals surface area contributed by atoms with Crippen LogP contribution in [0.25, 0.3) is 0 Å². The number of hydrogen-bond acceptors (Lipinski definition) is 3. The van der Waals surface area contributed by atoms with E-state index in [0.717, 1.165) is 35.9 Å². The lowest BCUT2D eigenvalue weighted by atomic mass is 9.82. The number of ether oxygens (including phenoxy) is 1. The first-order valence-corrected chi connectivity index (χ1v) is 10.6. The van der Waals surface area contributed by atoms with E-state index in [0.29, 0.717) is 12.6 Å². The van der Waals surface area contributed by atoms with Crippen LogP contribution in [-0.2, 0) is 0 Å². The molecule has 3 rings (SSSR count).